The standard InChI is InChI=1S/C52H50N4O6/c1-5-29-13-9-17-33-39(23-53-49(29)33)47(40-24-54-50-30(6-2)14-10-18-34(40)50)37-21-44(62-28-46(59)60)38(22-43(37)61-27-45(57)58)48(41-25-55-51-31(7-3)15-11-19-35(41)51)42-26-56-52-32(8-4)16-12-20-36(42)52/h9-26,47-48,53-56H,5-8,27-28H2,1-4H3,(H,57,58)(H,59,60). The summed E-state index contributed by atoms with van der Waals surface area (Å²) in [6, 6.07) is 28.9. The van der Waals surface area contributed by atoms with Gasteiger partial charge in [0.05, 0.1) is 0 Å². The van der Waals surface area contributed by atoms with Crippen molar-refractivity contribution in [2.45, 2.75) is 65.2 Å². The Hall–Kier alpha value is -7.20. The lowest BCUT2D eigenvalue weighted by atomic mass is 9.80. The maximum Gasteiger partial charge on any atom is 0.341 e. The zero-order valence-electron chi connectivity index (χ0n) is 35.3. The highest BCUT2D eigenvalue weighted by atomic mass is 16.5. The van der Waals surface area contributed by atoms with Gasteiger partial charge in [0.15, 0.2) is 13.2 Å². The number of carbonyl (C=O) groups is 2. The number of carboxylic acid groups (broad SMARTS) is 2. The minimum absolute atomic E-state index is 0.352. The number of nitrogens with one attached hydrogen (secondary N) is 4. The summed E-state index contributed by atoms with van der Waals surface area (Å²) in [6.45, 7) is 7.33. The molecule has 314 valence electrons. The monoisotopic (exact) mass is 826 g/mol. The molecule has 0 fully saturated rings. The SMILES string of the molecule is CCc1cccc2c(C(c3cc(OCC(=O)O)c(C(c4c[nH]c5c(CC)cccc45)c4c[nH]c5c(CC)cccc45)cc3OCC(=O)O)c3c[nH]c4c(CC)cccc34)c[nH]c12. The van der Waals surface area contributed by atoms with Crippen LogP contribution in [-0.2, 0) is 35.3 Å². The van der Waals surface area contributed by atoms with E-state index in [1.807, 2.05) is 36.9 Å². The number of aromatic nitrogens is 4. The van der Waals surface area contributed by atoms with Crippen molar-refractivity contribution in [3.63, 3.8) is 0 Å². The van der Waals surface area contributed by atoms with Crippen LogP contribution < -0.4 is 9.47 Å². The van der Waals surface area contributed by atoms with Crippen LogP contribution in [0, 0.1) is 0 Å². The third-order valence-corrected chi connectivity index (χ3v) is 12.6. The van der Waals surface area contributed by atoms with Gasteiger partial charge in [0.25, 0.3) is 0 Å². The molecule has 10 heteroatoms. The van der Waals surface area contributed by atoms with Crippen molar-refractivity contribution in [1.29, 1.82) is 0 Å². The Kier molecular flexibility index (Phi) is 10.8. The summed E-state index contributed by atoms with van der Waals surface area (Å²) in [5.74, 6) is -2.57. The lowest BCUT2D eigenvalue weighted by Crippen LogP contribution is -2.16. The van der Waals surface area contributed by atoms with Gasteiger partial charge in [-0.25, -0.2) is 9.59 Å². The molecule has 0 spiro atoms. The first-order valence-electron chi connectivity index (χ1n) is 21.5. The molecule has 0 amide bonds. The van der Waals surface area contributed by atoms with E-state index < -0.39 is 37.0 Å². The van der Waals surface area contributed by atoms with E-state index in [0.717, 1.165) is 91.5 Å². The second kappa shape index (κ2) is 16.7. The van der Waals surface area contributed by atoms with Gasteiger partial charge in [-0.3, -0.25) is 0 Å². The summed E-state index contributed by atoms with van der Waals surface area (Å²) < 4.78 is 12.9. The number of carboxylic acids is 2. The number of aliphatic carboxylic acids is 2. The van der Waals surface area contributed by atoms with Gasteiger partial charge >= 0.3 is 11.9 Å². The maximum absolute atomic E-state index is 12.4. The fourth-order valence-electron chi connectivity index (χ4n) is 9.67. The highest BCUT2D eigenvalue weighted by Crippen LogP contribution is 2.50. The van der Waals surface area contributed by atoms with E-state index >= 15 is 0 Å². The molecule has 0 saturated carbocycles. The number of aryl methyl sites for hydroxylation is 4. The molecule has 0 aliphatic heterocycles. The minimum Gasteiger partial charge on any atom is -0.482 e. The second-order valence-electron chi connectivity index (χ2n) is 15.9. The number of H-pyrrole nitrogens is 4. The Morgan fingerprint density at radius 2 is 0.726 bits per heavy atom. The van der Waals surface area contributed by atoms with Crippen molar-refractivity contribution >= 4 is 55.6 Å². The molecule has 0 radical (unpaired) electrons. The van der Waals surface area contributed by atoms with Gasteiger partial charge in [-0.05, 0) is 82.3 Å². The van der Waals surface area contributed by atoms with E-state index in [2.05, 4.69) is 120 Å². The van der Waals surface area contributed by atoms with E-state index in [0.29, 0.717) is 22.6 Å². The highest BCUT2D eigenvalue weighted by molar-refractivity contribution is 5.94. The van der Waals surface area contributed by atoms with Crippen LogP contribution in [0.5, 0.6) is 11.5 Å². The van der Waals surface area contributed by atoms with E-state index in [1.54, 1.807) is 0 Å². The largest absolute Gasteiger partial charge is 0.482 e. The van der Waals surface area contributed by atoms with Crippen LogP contribution in [0.15, 0.2) is 110 Å². The molecule has 6 N–H and O–H groups in total. The number of rotatable bonds is 16. The molecular weight excluding hydrogens is 777 g/mol. The van der Waals surface area contributed by atoms with Crippen LogP contribution in [0.3, 0.4) is 0 Å². The van der Waals surface area contributed by atoms with Crippen molar-refractivity contribution in [2.24, 2.45) is 0 Å². The normalized spacial score (nSPS) is 11.8. The Morgan fingerprint density at radius 1 is 0.452 bits per heavy atom. The topological polar surface area (TPSA) is 156 Å². The number of hydrogen-bond donors (Lipinski definition) is 6. The van der Waals surface area contributed by atoms with E-state index in [9.17, 15) is 19.8 Å². The molecule has 0 saturated heterocycles. The lowest BCUT2D eigenvalue weighted by Gasteiger charge is -2.26. The lowest BCUT2D eigenvalue weighted by molar-refractivity contribution is -0.140. The van der Waals surface area contributed by atoms with Crippen molar-refractivity contribution in [3.05, 3.63) is 165 Å². The highest BCUT2D eigenvalue weighted by Gasteiger charge is 2.33. The summed E-state index contributed by atoms with van der Waals surface area (Å²) in [5.41, 5.74) is 13.9. The Balaban J connectivity index is 1.38. The van der Waals surface area contributed by atoms with E-state index in [4.69, 9.17) is 9.47 Å². The molecule has 0 atom stereocenters. The van der Waals surface area contributed by atoms with Crippen molar-refractivity contribution < 1.29 is 29.3 Å². The molecular formula is C52H50N4O6. The first kappa shape index (κ1) is 40.2. The van der Waals surface area contributed by atoms with Crippen LogP contribution in [-0.4, -0.2) is 55.3 Å². The smallest absolute Gasteiger partial charge is 0.341 e. The first-order valence-corrected chi connectivity index (χ1v) is 21.5. The number of benzene rings is 5. The fraction of sp³-hybridized carbons (Fsp3) is 0.231. The molecule has 9 aromatic rings. The Morgan fingerprint density at radius 3 is 0.968 bits per heavy atom. The molecule has 0 aliphatic carbocycles. The Labute approximate surface area is 358 Å². The molecule has 0 aliphatic rings. The van der Waals surface area contributed by atoms with Gasteiger partial charge in [0.1, 0.15) is 11.5 Å². The zero-order valence-corrected chi connectivity index (χ0v) is 35.3. The summed E-state index contributed by atoms with van der Waals surface area (Å²) in [7, 11) is 0. The number of para-hydroxylation sites is 4. The minimum atomic E-state index is -1.12. The summed E-state index contributed by atoms with van der Waals surface area (Å²) in [4.78, 5) is 39.1. The molecule has 62 heavy (non-hydrogen) atoms. The van der Waals surface area contributed by atoms with Gasteiger partial charge in [-0.1, -0.05) is 100 Å². The second-order valence-corrected chi connectivity index (χ2v) is 15.9. The van der Waals surface area contributed by atoms with Gasteiger partial charge in [0.2, 0.25) is 0 Å². The van der Waals surface area contributed by atoms with Crippen LogP contribution >= 0.6 is 0 Å². The summed E-state index contributed by atoms with van der Waals surface area (Å²) in [5, 5.41) is 24.4. The molecule has 5 aromatic carbocycles. The quantitative estimate of drug-likeness (QED) is 0.0569. The van der Waals surface area contributed by atoms with Gasteiger partial charge in [-0.15, -0.1) is 0 Å². The third-order valence-electron chi connectivity index (χ3n) is 12.6. The van der Waals surface area contributed by atoms with E-state index in [-0.39, 0.29) is 0 Å². The molecule has 0 unspecified atom stereocenters. The average molecular weight is 827 g/mol. The third kappa shape index (κ3) is 6.95. The van der Waals surface area contributed by atoms with Crippen molar-refractivity contribution in [3.8, 4) is 11.5 Å². The van der Waals surface area contributed by atoms with Gasteiger partial charge in [-0.2, -0.15) is 0 Å². The molecule has 4 aromatic heterocycles. The first-order chi connectivity index (χ1) is 30.2. The summed E-state index contributed by atoms with van der Waals surface area (Å²) in [6.07, 6.45) is 11.4. The number of hydrogen-bond acceptors (Lipinski definition) is 4. The van der Waals surface area contributed by atoms with Crippen LogP contribution in [0.2, 0.25) is 0 Å². The fourth-order valence-corrected chi connectivity index (χ4v) is 9.67. The molecule has 10 nitrogen and oxygen atoms in total. The predicted molar refractivity (Wildman–Crippen MR) is 245 cm³/mol. The van der Waals surface area contributed by atoms with Crippen LogP contribution in [0.25, 0.3) is 43.6 Å². The predicted octanol–water partition coefficient (Wildman–Crippen LogP) is 11.1. The number of aromatic amines is 4. The van der Waals surface area contributed by atoms with Crippen LogP contribution in [0.4, 0.5) is 0 Å². The molecule has 0 bridgehead atoms. The number of fused-ring (bicyclic) bond motifs is 4. The molecule has 9 rings (SSSR count). The molecule has 4 heterocycles. The average Bonchev–Trinajstić information content (AvgIpc) is 4.11. The van der Waals surface area contributed by atoms with Crippen molar-refractivity contribution in [2.75, 3.05) is 13.2 Å². The van der Waals surface area contributed by atoms with Crippen molar-refractivity contribution in [1.82, 2.24) is 19.9 Å². The van der Waals surface area contributed by atoms with Gasteiger partial charge < -0.3 is 39.6 Å². The van der Waals surface area contributed by atoms with Gasteiger partial charge in [0, 0.05) is 91.4 Å². The zero-order chi connectivity index (χ0) is 43.1. The van der Waals surface area contributed by atoms with E-state index in [1.165, 1.54) is 22.3 Å². The maximum atomic E-state index is 12.4. The van der Waals surface area contributed by atoms with Crippen LogP contribution in [0.1, 0.15) is 95.2 Å². The number of ether oxygens (including phenoxy) is 2. The Bertz CT molecular complexity index is 2750. The summed E-state index contributed by atoms with van der Waals surface area (Å²) >= 11 is 0.